The summed E-state index contributed by atoms with van der Waals surface area (Å²) in [6.07, 6.45) is 0.258. The Morgan fingerprint density at radius 2 is 2.05 bits per heavy atom. The number of nitrogens with zero attached hydrogens (tertiary/aromatic N) is 4. The fourth-order valence-electron chi connectivity index (χ4n) is 2.24. The standard InChI is InChI=1S/C15H19N5O2/c1-3-13-18-19-14(22-13)9-20-12-7-5-4-6-11(12)17-15(20)16-8-10(2)21/h4-7,10,21H,3,8-9H2,1-2H3,(H,16,17). The number of aliphatic hydroxyl groups excluding tert-OH is 1. The van der Waals surface area contributed by atoms with E-state index in [0.717, 1.165) is 11.0 Å². The molecule has 7 nitrogen and oxygen atoms in total. The van der Waals surface area contributed by atoms with Crippen molar-refractivity contribution in [2.75, 3.05) is 11.9 Å². The molecule has 2 heterocycles. The summed E-state index contributed by atoms with van der Waals surface area (Å²) in [6.45, 7) is 4.56. The van der Waals surface area contributed by atoms with Gasteiger partial charge >= 0.3 is 0 Å². The molecule has 116 valence electrons. The van der Waals surface area contributed by atoms with Gasteiger partial charge in [0.1, 0.15) is 6.54 Å². The third kappa shape index (κ3) is 2.94. The van der Waals surface area contributed by atoms with Gasteiger partial charge < -0.3 is 19.4 Å². The lowest BCUT2D eigenvalue weighted by Crippen LogP contribution is -2.18. The second kappa shape index (κ2) is 6.15. The van der Waals surface area contributed by atoms with E-state index in [1.165, 1.54) is 0 Å². The number of aryl methyl sites for hydroxylation is 1. The summed E-state index contributed by atoms with van der Waals surface area (Å²) in [7, 11) is 0. The van der Waals surface area contributed by atoms with Crippen molar-refractivity contribution in [1.82, 2.24) is 19.7 Å². The molecule has 0 amide bonds. The molecule has 0 fully saturated rings. The molecular weight excluding hydrogens is 282 g/mol. The molecule has 1 unspecified atom stereocenters. The van der Waals surface area contributed by atoms with E-state index in [0.29, 0.717) is 37.2 Å². The molecule has 22 heavy (non-hydrogen) atoms. The van der Waals surface area contributed by atoms with Crippen molar-refractivity contribution >= 4 is 17.0 Å². The van der Waals surface area contributed by atoms with Crippen molar-refractivity contribution in [3.8, 4) is 0 Å². The van der Waals surface area contributed by atoms with E-state index >= 15 is 0 Å². The number of aliphatic hydroxyl groups is 1. The first-order valence-electron chi connectivity index (χ1n) is 7.36. The molecular formula is C15H19N5O2. The molecule has 0 aliphatic rings. The first kappa shape index (κ1) is 14.5. The summed E-state index contributed by atoms with van der Waals surface area (Å²) in [5.74, 6) is 1.84. The molecule has 3 rings (SSSR count). The lowest BCUT2D eigenvalue weighted by Gasteiger charge is -2.10. The van der Waals surface area contributed by atoms with Gasteiger partial charge in [0.2, 0.25) is 17.7 Å². The molecule has 7 heteroatoms. The number of nitrogens with one attached hydrogen (secondary N) is 1. The molecule has 1 atom stereocenters. The van der Waals surface area contributed by atoms with E-state index in [4.69, 9.17) is 4.42 Å². The van der Waals surface area contributed by atoms with Gasteiger partial charge in [0.15, 0.2) is 0 Å². The van der Waals surface area contributed by atoms with Crippen LogP contribution in [0.15, 0.2) is 28.7 Å². The molecule has 0 radical (unpaired) electrons. The number of rotatable bonds is 6. The van der Waals surface area contributed by atoms with Gasteiger partial charge in [-0.3, -0.25) is 0 Å². The average Bonchev–Trinajstić information content (AvgIpc) is 3.10. The minimum absolute atomic E-state index is 0.424. The molecule has 0 aliphatic carbocycles. The van der Waals surface area contributed by atoms with Crippen LogP contribution in [0, 0.1) is 0 Å². The molecule has 0 spiro atoms. The lowest BCUT2D eigenvalue weighted by atomic mass is 10.3. The summed E-state index contributed by atoms with van der Waals surface area (Å²) >= 11 is 0. The molecule has 1 aromatic carbocycles. The van der Waals surface area contributed by atoms with Crippen LogP contribution in [0.25, 0.3) is 11.0 Å². The largest absolute Gasteiger partial charge is 0.423 e. The molecule has 0 saturated carbocycles. The fourth-order valence-corrected chi connectivity index (χ4v) is 2.24. The van der Waals surface area contributed by atoms with Gasteiger partial charge in [0, 0.05) is 13.0 Å². The van der Waals surface area contributed by atoms with Crippen LogP contribution in [0.2, 0.25) is 0 Å². The number of hydrogen-bond acceptors (Lipinski definition) is 6. The summed E-state index contributed by atoms with van der Waals surface area (Å²) in [4.78, 5) is 4.56. The molecule has 0 saturated heterocycles. The van der Waals surface area contributed by atoms with Crippen molar-refractivity contribution < 1.29 is 9.52 Å². The van der Waals surface area contributed by atoms with E-state index in [9.17, 15) is 5.11 Å². The zero-order valence-corrected chi connectivity index (χ0v) is 12.7. The van der Waals surface area contributed by atoms with Crippen LogP contribution in [-0.4, -0.2) is 37.5 Å². The van der Waals surface area contributed by atoms with Crippen LogP contribution in [0.1, 0.15) is 25.6 Å². The summed E-state index contributed by atoms with van der Waals surface area (Å²) in [5, 5.41) is 20.7. The summed E-state index contributed by atoms with van der Waals surface area (Å²) in [5.41, 5.74) is 1.86. The SMILES string of the molecule is CCc1nnc(Cn2c(NCC(C)O)nc3ccccc32)o1. The number of hydrogen-bond donors (Lipinski definition) is 2. The summed E-state index contributed by atoms with van der Waals surface area (Å²) in [6, 6.07) is 7.85. The van der Waals surface area contributed by atoms with Crippen LogP contribution in [0.4, 0.5) is 5.95 Å². The van der Waals surface area contributed by atoms with E-state index in [2.05, 4.69) is 20.5 Å². The second-order valence-corrected chi connectivity index (χ2v) is 5.18. The Morgan fingerprint density at radius 1 is 1.27 bits per heavy atom. The van der Waals surface area contributed by atoms with Crippen molar-refractivity contribution in [2.24, 2.45) is 0 Å². The number of anilines is 1. The van der Waals surface area contributed by atoms with Crippen LogP contribution in [-0.2, 0) is 13.0 Å². The quantitative estimate of drug-likeness (QED) is 0.722. The smallest absolute Gasteiger partial charge is 0.236 e. The van der Waals surface area contributed by atoms with E-state index in [1.54, 1.807) is 6.92 Å². The maximum absolute atomic E-state index is 9.46. The Balaban J connectivity index is 1.95. The molecule has 0 bridgehead atoms. The Labute approximate surface area is 128 Å². The van der Waals surface area contributed by atoms with Gasteiger partial charge in [-0.25, -0.2) is 4.98 Å². The van der Waals surface area contributed by atoms with Crippen molar-refractivity contribution in [2.45, 2.75) is 32.9 Å². The van der Waals surface area contributed by atoms with Crippen molar-refractivity contribution in [3.05, 3.63) is 36.0 Å². The predicted molar refractivity (Wildman–Crippen MR) is 82.7 cm³/mol. The van der Waals surface area contributed by atoms with Gasteiger partial charge in [-0.15, -0.1) is 10.2 Å². The predicted octanol–water partition coefficient (Wildman–Crippen LogP) is 1.82. The third-order valence-electron chi connectivity index (χ3n) is 3.31. The highest BCUT2D eigenvalue weighted by molar-refractivity contribution is 5.78. The van der Waals surface area contributed by atoms with Gasteiger partial charge in [-0.05, 0) is 19.1 Å². The Kier molecular flexibility index (Phi) is 4.06. The van der Waals surface area contributed by atoms with Crippen LogP contribution < -0.4 is 5.32 Å². The number of para-hydroxylation sites is 2. The van der Waals surface area contributed by atoms with Crippen molar-refractivity contribution in [3.63, 3.8) is 0 Å². The normalized spacial score (nSPS) is 12.7. The number of benzene rings is 1. The first-order chi connectivity index (χ1) is 10.7. The zero-order chi connectivity index (χ0) is 15.5. The number of aromatic nitrogens is 4. The maximum atomic E-state index is 9.46. The Morgan fingerprint density at radius 3 is 2.77 bits per heavy atom. The zero-order valence-electron chi connectivity index (χ0n) is 12.7. The summed E-state index contributed by atoms with van der Waals surface area (Å²) < 4.78 is 7.56. The highest BCUT2D eigenvalue weighted by Gasteiger charge is 2.14. The molecule has 3 aromatic rings. The monoisotopic (exact) mass is 301 g/mol. The van der Waals surface area contributed by atoms with Crippen LogP contribution >= 0.6 is 0 Å². The minimum Gasteiger partial charge on any atom is -0.423 e. The van der Waals surface area contributed by atoms with E-state index in [-0.39, 0.29) is 0 Å². The van der Waals surface area contributed by atoms with Gasteiger partial charge in [-0.2, -0.15) is 0 Å². The fraction of sp³-hybridized carbons (Fsp3) is 0.400. The maximum Gasteiger partial charge on any atom is 0.236 e. The highest BCUT2D eigenvalue weighted by Crippen LogP contribution is 2.21. The van der Waals surface area contributed by atoms with E-state index in [1.807, 2.05) is 35.8 Å². The Bertz CT molecular complexity index is 762. The lowest BCUT2D eigenvalue weighted by molar-refractivity contribution is 0.208. The van der Waals surface area contributed by atoms with Gasteiger partial charge in [0.25, 0.3) is 0 Å². The average molecular weight is 301 g/mol. The third-order valence-corrected chi connectivity index (χ3v) is 3.31. The minimum atomic E-state index is -0.455. The van der Waals surface area contributed by atoms with Crippen molar-refractivity contribution in [1.29, 1.82) is 0 Å². The molecule has 2 aromatic heterocycles. The second-order valence-electron chi connectivity index (χ2n) is 5.18. The van der Waals surface area contributed by atoms with Gasteiger partial charge in [-0.1, -0.05) is 19.1 Å². The van der Waals surface area contributed by atoms with Gasteiger partial charge in [0.05, 0.1) is 17.1 Å². The molecule has 0 aliphatic heterocycles. The van der Waals surface area contributed by atoms with E-state index < -0.39 is 6.10 Å². The topological polar surface area (TPSA) is 89.0 Å². The first-order valence-corrected chi connectivity index (χ1v) is 7.36. The van der Waals surface area contributed by atoms with Crippen LogP contribution in [0.5, 0.6) is 0 Å². The number of imidazole rings is 1. The number of fused-ring (bicyclic) bond motifs is 1. The molecule has 2 N–H and O–H groups in total. The highest BCUT2D eigenvalue weighted by atomic mass is 16.4. The van der Waals surface area contributed by atoms with Crippen LogP contribution in [0.3, 0.4) is 0 Å². The Hall–Kier alpha value is -2.41.